The highest BCUT2D eigenvalue weighted by Crippen LogP contribution is 2.33. The van der Waals surface area contributed by atoms with E-state index in [1.807, 2.05) is 12.1 Å². The number of fused-ring (bicyclic) bond motifs is 1. The minimum Gasteiger partial charge on any atom is -0.493 e. The van der Waals surface area contributed by atoms with Gasteiger partial charge in [0.1, 0.15) is 0 Å². The third-order valence-electron chi connectivity index (χ3n) is 3.76. The number of hydrogen-bond acceptors (Lipinski definition) is 8. The van der Waals surface area contributed by atoms with Gasteiger partial charge in [0.15, 0.2) is 22.2 Å². The lowest BCUT2D eigenvalue weighted by Crippen LogP contribution is -2.05. The lowest BCUT2D eigenvalue weighted by atomic mass is 10.1. The van der Waals surface area contributed by atoms with Crippen molar-refractivity contribution in [1.29, 1.82) is 0 Å². The molecule has 26 heavy (non-hydrogen) atoms. The maximum absolute atomic E-state index is 9.47. The predicted octanol–water partition coefficient (Wildman–Crippen LogP) is 3.00. The first-order valence-corrected chi connectivity index (χ1v) is 8.77. The van der Waals surface area contributed by atoms with Crippen molar-refractivity contribution < 1.29 is 9.84 Å². The lowest BCUT2D eigenvalue weighted by molar-refractivity contribution is 0.181. The van der Waals surface area contributed by atoms with Crippen LogP contribution in [0.5, 0.6) is 5.88 Å². The molecule has 1 aromatic carbocycles. The molecule has 8 nitrogen and oxygen atoms in total. The first-order chi connectivity index (χ1) is 12.6. The molecule has 0 fully saturated rings. The fourth-order valence-corrected chi connectivity index (χ4v) is 3.44. The van der Waals surface area contributed by atoms with Gasteiger partial charge in [-0.1, -0.05) is 23.7 Å². The van der Waals surface area contributed by atoms with E-state index < -0.39 is 0 Å². The molecule has 0 bridgehead atoms. The summed E-state index contributed by atoms with van der Waals surface area (Å²) in [4.78, 5) is 3.99. The molecule has 4 rings (SSSR count). The van der Waals surface area contributed by atoms with E-state index in [9.17, 15) is 5.11 Å². The first-order valence-electron chi connectivity index (χ1n) is 7.52. The maximum atomic E-state index is 9.47. The molecule has 0 aliphatic rings. The molecule has 0 spiro atoms. The van der Waals surface area contributed by atoms with Crippen LogP contribution < -0.4 is 5.73 Å². The number of aromatic nitrogens is 5. The highest BCUT2D eigenvalue weighted by atomic mass is 35.5. The van der Waals surface area contributed by atoms with Gasteiger partial charge in [-0.25, -0.2) is 0 Å². The largest absolute Gasteiger partial charge is 0.493 e. The van der Waals surface area contributed by atoms with Crippen LogP contribution in [0.2, 0.25) is 5.02 Å². The summed E-state index contributed by atoms with van der Waals surface area (Å²) in [5, 5.41) is 25.1. The molecular weight excluding hydrogens is 376 g/mol. The Morgan fingerprint density at radius 2 is 2.04 bits per heavy atom. The van der Waals surface area contributed by atoms with Gasteiger partial charge in [0.25, 0.3) is 0 Å². The van der Waals surface area contributed by atoms with Crippen LogP contribution in [0.25, 0.3) is 27.5 Å². The number of halogens is 1. The summed E-state index contributed by atoms with van der Waals surface area (Å²) in [5.74, 6) is 0.190. The summed E-state index contributed by atoms with van der Waals surface area (Å²) in [6.07, 6.45) is 0. The molecule has 0 radical (unpaired) electrons. The zero-order chi connectivity index (χ0) is 18.3. The lowest BCUT2D eigenvalue weighted by Gasteiger charge is -2.04. The van der Waals surface area contributed by atoms with Gasteiger partial charge in [0.05, 0.1) is 23.2 Å². The SMILES string of the molecule is COCc1nn2c(N)c(-c3nc(O)cs3)nnc2c1-c1ccc(Cl)cc1. The van der Waals surface area contributed by atoms with E-state index >= 15 is 0 Å². The highest BCUT2D eigenvalue weighted by molar-refractivity contribution is 7.13. The third-order valence-corrected chi connectivity index (χ3v) is 4.85. The van der Waals surface area contributed by atoms with Crippen LogP contribution in [0, 0.1) is 0 Å². The molecule has 3 N–H and O–H groups in total. The number of aromatic hydroxyl groups is 1. The zero-order valence-electron chi connectivity index (χ0n) is 13.5. The number of nitrogens with two attached hydrogens (primary N) is 1. The summed E-state index contributed by atoms with van der Waals surface area (Å²) in [6, 6.07) is 7.34. The number of anilines is 1. The van der Waals surface area contributed by atoms with Crippen LogP contribution in [-0.4, -0.2) is 37.0 Å². The summed E-state index contributed by atoms with van der Waals surface area (Å²) in [5.41, 5.74) is 9.45. The van der Waals surface area contributed by atoms with E-state index in [1.165, 1.54) is 21.2 Å². The number of methoxy groups -OCH3 is 1. The van der Waals surface area contributed by atoms with Crippen molar-refractivity contribution in [1.82, 2.24) is 24.8 Å². The van der Waals surface area contributed by atoms with Crippen molar-refractivity contribution in [2.45, 2.75) is 6.61 Å². The Morgan fingerprint density at radius 3 is 2.69 bits per heavy atom. The topological polar surface area (TPSA) is 111 Å². The average Bonchev–Trinajstić information content (AvgIpc) is 3.21. The van der Waals surface area contributed by atoms with Crippen molar-refractivity contribution in [3.8, 4) is 27.7 Å². The fraction of sp³-hybridized carbons (Fsp3) is 0.125. The Hall–Kier alpha value is -2.75. The number of rotatable bonds is 4. The number of nitrogens with zero attached hydrogens (tertiary/aromatic N) is 5. The van der Waals surface area contributed by atoms with Crippen molar-refractivity contribution in [2.75, 3.05) is 12.8 Å². The van der Waals surface area contributed by atoms with Gasteiger partial charge in [-0.05, 0) is 17.7 Å². The van der Waals surface area contributed by atoms with Crippen LogP contribution in [0.15, 0.2) is 29.6 Å². The maximum Gasteiger partial charge on any atom is 0.222 e. The Balaban J connectivity index is 1.95. The molecule has 3 aromatic heterocycles. The molecule has 132 valence electrons. The van der Waals surface area contributed by atoms with E-state index in [2.05, 4.69) is 20.3 Å². The third kappa shape index (κ3) is 2.75. The van der Waals surface area contributed by atoms with Gasteiger partial charge in [-0.2, -0.15) is 14.6 Å². The second-order valence-corrected chi connectivity index (χ2v) is 6.74. The van der Waals surface area contributed by atoms with Crippen molar-refractivity contribution in [2.24, 2.45) is 0 Å². The Morgan fingerprint density at radius 1 is 1.27 bits per heavy atom. The van der Waals surface area contributed by atoms with Crippen LogP contribution in [0.4, 0.5) is 5.82 Å². The molecule has 10 heteroatoms. The molecule has 0 saturated heterocycles. The number of ether oxygens (including phenoxy) is 1. The van der Waals surface area contributed by atoms with Gasteiger partial charge in [0, 0.05) is 12.1 Å². The van der Waals surface area contributed by atoms with Crippen LogP contribution >= 0.6 is 22.9 Å². The van der Waals surface area contributed by atoms with Crippen molar-refractivity contribution in [3.05, 3.63) is 40.4 Å². The molecule has 0 atom stereocenters. The van der Waals surface area contributed by atoms with Gasteiger partial charge >= 0.3 is 0 Å². The second-order valence-electron chi connectivity index (χ2n) is 5.44. The van der Waals surface area contributed by atoms with Gasteiger partial charge < -0.3 is 15.6 Å². The van der Waals surface area contributed by atoms with E-state index in [0.29, 0.717) is 27.1 Å². The normalized spacial score (nSPS) is 11.3. The number of benzene rings is 1. The minimum absolute atomic E-state index is 0.0892. The summed E-state index contributed by atoms with van der Waals surface area (Å²) < 4.78 is 6.78. The highest BCUT2D eigenvalue weighted by Gasteiger charge is 2.21. The standard InChI is InChI=1S/C16H13ClN6O2S/c1-25-6-10-12(8-2-4-9(17)5-3-8)15-21-20-13(14(18)23(15)22-10)16-19-11(24)7-26-16/h2-5,7,24H,6,18H2,1H3. The van der Waals surface area contributed by atoms with Crippen LogP contribution in [-0.2, 0) is 11.3 Å². The average molecular weight is 389 g/mol. The van der Waals surface area contributed by atoms with Crippen molar-refractivity contribution in [3.63, 3.8) is 0 Å². The molecule has 4 aromatic rings. The molecule has 0 aliphatic carbocycles. The summed E-state index contributed by atoms with van der Waals surface area (Å²) >= 11 is 7.21. The smallest absolute Gasteiger partial charge is 0.222 e. The summed E-state index contributed by atoms with van der Waals surface area (Å²) in [7, 11) is 1.59. The predicted molar refractivity (Wildman–Crippen MR) is 99.1 cm³/mol. The Kier molecular flexibility index (Phi) is 4.19. The van der Waals surface area contributed by atoms with Crippen LogP contribution in [0.3, 0.4) is 0 Å². The number of hydrogen-bond donors (Lipinski definition) is 2. The fourth-order valence-electron chi connectivity index (χ4n) is 2.64. The number of thiazole rings is 1. The quantitative estimate of drug-likeness (QED) is 0.552. The molecule has 0 unspecified atom stereocenters. The van der Waals surface area contributed by atoms with E-state index in [-0.39, 0.29) is 18.3 Å². The van der Waals surface area contributed by atoms with Crippen molar-refractivity contribution >= 4 is 34.4 Å². The van der Waals surface area contributed by atoms with E-state index in [0.717, 1.165) is 11.1 Å². The molecular formula is C16H13ClN6O2S. The summed E-state index contributed by atoms with van der Waals surface area (Å²) in [6.45, 7) is 0.286. The zero-order valence-corrected chi connectivity index (χ0v) is 15.1. The van der Waals surface area contributed by atoms with Crippen LogP contribution in [0.1, 0.15) is 5.69 Å². The van der Waals surface area contributed by atoms with E-state index in [1.54, 1.807) is 19.2 Å². The Bertz CT molecular complexity index is 1090. The number of nitrogen functional groups attached to an aromatic ring is 1. The van der Waals surface area contributed by atoms with E-state index in [4.69, 9.17) is 22.1 Å². The monoisotopic (exact) mass is 388 g/mol. The van der Waals surface area contributed by atoms with Gasteiger partial charge in [0.2, 0.25) is 5.88 Å². The molecule has 0 saturated carbocycles. The molecule has 0 aliphatic heterocycles. The van der Waals surface area contributed by atoms with Gasteiger partial charge in [-0.15, -0.1) is 21.5 Å². The molecule has 3 heterocycles. The minimum atomic E-state index is -0.0892. The molecule has 0 amide bonds. The second kappa shape index (κ2) is 6.52. The Labute approximate surface area is 156 Å². The first kappa shape index (κ1) is 16.7. The van der Waals surface area contributed by atoms with Gasteiger partial charge in [-0.3, -0.25) is 0 Å².